The Hall–Kier alpha value is -2.10. The van der Waals surface area contributed by atoms with Crippen LogP contribution in [0.1, 0.15) is 42.9 Å². The van der Waals surface area contributed by atoms with Gasteiger partial charge in [0.25, 0.3) is 0 Å². The van der Waals surface area contributed by atoms with Crippen LogP contribution in [0.3, 0.4) is 0 Å². The van der Waals surface area contributed by atoms with Crippen molar-refractivity contribution in [3.8, 4) is 0 Å². The summed E-state index contributed by atoms with van der Waals surface area (Å²) in [5.41, 5.74) is 5.06. The summed E-state index contributed by atoms with van der Waals surface area (Å²) in [7, 11) is 0. The maximum Gasteiger partial charge on any atom is 0.166 e. The minimum atomic E-state index is 0.140. The number of rotatable bonds is 0. The molecule has 108 valence electrons. The van der Waals surface area contributed by atoms with Gasteiger partial charge in [-0.3, -0.25) is 4.79 Å². The van der Waals surface area contributed by atoms with Crippen LogP contribution in [0, 0.1) is 0 Å². The van der Waals surface area contributed by atoms with E-state index in [-0.39, 0.29) is 11.8 Å². The lowest BCUT2D eigenvalue weighted by Gasteiger charge is -2.45. The first-order chi connectivity index (χ1) is 10.3. The number of oxime groups is 1. The van der Waals surface area contributed by atoms with E-state index in [0.717, 1.165) is 31.5 Å². The van der Waals surface area contributed by atoms with Gasteiger partial charge in [0.05, 0.1) is 17.3 Å². The van der Waals surface area contributed by atoms with E-state index in [4.69, 9.17) is 0 Å². The quantitative estimate of drug-likeness (QED) is 0.588. The zero-order chi connectivity index (χ0) is 14.4. The van der Waals surface area contributed by atoms with E-state index in [1.54, 1.807) is 0 Å². The summed E-state index contributed by atoms with van der Waals surface area (Å²) in [6.45, 7) is 0.951. The smallest absolute Gasteiger partial charge is 0.166 e. The Balaban J connectivity index is 1.86. The predicted octanol–water partition coefficient (Wildman–Crippen LogP) is 2.83. The molecule has 0 saturated carbocycles. The molecule has 0 spiro atoms. The Morgan fingerprint density at radius 1 is 1.19 bits per heavy atom. The second kappa shape index (κ2) is 4.72. The fourth-order valence-electron chi connectivity index (χ4n) is 4.01. The van der Waals surface area contributed by atoms with Gasteiger partial charge in [-0.15, -0.1) is 0 Å². The van der Waals surface area contributed by atoms with Gasteiger partial charge >= 0.3 is 0 Å². The van der Waals surface area contributed by atoms with E-state index >= 15 is 0 Å². The lowest BCUT2D eigenvalue weighted by molar-refractivity contribution is -0.115. The molecule has 1 N–H and O–H groups in total. The normalized spacial score (nSPS) is 26.5. The molecular formula is C17H18N2O2. The van der Waals surface area contributed by atoms with Gasteiger partial charge in [-0.25, -0.2) is 0 Å². The number of ketones is 1. The number of nitrogens with zero attached hydrogens (tertiary/aromatic N) is 2. The van der Waals surface area contributed by atoms with E-state index < -0.39 is 0 Å². The molecule has 4 nitrogen and oxygen atoms in total. The van der Waals surface area contributed by atoms with Crippen LogP contribution in [0.15, 0.2) is 40.7 Å². The average Bonchev–Trinajstić information content (AvgIpc) is 2.54. The molecule has 0 amide bonds. The third-order valence-electron chi connectivity index (χ3n) is 4.94. The fourth-order valence-corrected chi connectivity index (χ4v) is 4.01. The lowest BCUT2D eigenvalue weighted by atomic mass is 9.79. The standard InChI is InChI=1S/C17H18N2O2/c20-16-7-3-6-14-17(16)13(18-21)10-15-12-5-2-1-4-11(12)8-9-19(14)15/h1-2,4-5,15,21H,3,6-10H2/b18-13-/t15-/m0/s1. The number of fused-ring (bicyclic) bond motifs is 4. The molecule has 3 aliphatic rings. The Kier molecular flexibility index (Phi) is 2.84. The lowest BCUT2D eigenvalue weighted by Crippen LogP contribution is -2.43. The zero-order valence-electron chi connectivity index (χ0n) is 11.9. The molecule has 1 aromatic carbocycles. The maximum atomic E-state index is 12.2. The molecule has 4 heteroatoms. The van der Waals surface area contributed by atoms with Gasteiger partial charge in [0.2, 0.25) is 0 Å². The third kappa shape index (κ3) is 1.82. The molecule has 1 aromatic rings. The first-order valence-corrected chi connectivity index (χ1v) is 7.61. The van der Waals surface area contributed by atoms with Crippen LogP contribution < -0.4 is 0 Å². The molecule has 0 fully saturated rings. The second-order valence-electron chi connectivity index (χ2n) is 6.01. The molecule has 0 radical (unpaired) electrons. The number of hydrogen-bond acceptors (Lipinski definition) is 4. The van der Waals surface area contributed by atoms with Crippen LogP contribution in [0.2, 0.25) is 0 Å². The summed E-state index contributed by atoms with van der Waals surface area (Å²) in [6, 6.07) is 8.70. The highest BCUT2D eigenvalue weighted by Crippen LogP contribution is 2.43. The minimum absolute atomic E-state index is 0.140. The van der Waals surface area contributed by atoms with E-state index in [0.29, 0.717) is 24.1 Å². The number of allylic oxidation sites excluding steroid dienone is 2. The summed E-state index contributed by atoms with van der Waals surface area (Å²) in [4.78, 5) is 14.6. The fraction of sp³-hybridized carbons (Fsp3) is 0.412. The Labute approximate surface area is 123 Å². The number of carbonyl (C=O) groups excluding carboxylic acids is 1. The molecule has 0 saturated heterocycles. The van der Waals surface area contributed by atoms with Crippen molar-refractivity contribution in [2.75, 3.05) is 6.54 Å². The third-order valence-corrected chi connectivity index (χ3v) is 4.94. The summed E-state index contributed by atoms with van der Waals surface area (Å²) in [5.74, 6) is 0.140. The zero-order valence-corrected chi connectivity index (χ0v) is 11.9. The van der Waals surface area contributed by atoms with Crippen LogP contribution in [-0.4, -0.2) is 28.1 Å². The number of benzene rings is 1. The molecule has 0 unspecified atom stereocenters. The van der Waals surface area contributed by atoms with Crippen LogP contribution >= 0.6 is 0 Å². The van der Waals surface area contributed by atoms with Crippen molar-refractivity contribution in [2.45, 2.75) is 38.1 Å². The molecule has 1 atom stereocenters. The Morgan fingerprint density at radius 2 is 2.05 bits per heavy atom. The van der Waals surface area contributed by atoms with E-state index in [2.05, 4.69) is 34.3 Å². The largest absolute Gasteiger partial charge is 0.411 e. The van der Waals surface area contributed by atoms with Crippen molar-refractivity contribution in [1.29, 1.82) is 0 Å². The molecule has 0 bridgehead atoms. The summed E-state index contributed by atoms with van der Waals surface area (Å²) in [5, 5.41) is 12.8. The van der Waals surface area contributed by atoms with Gasteiger partial charge < -0.3 is 10.1 Å². The van der Waals surface area contributed by atoms with Crippen LogP contribution in [-0.2, 0) is 11.2 Å². The minimum Gasteiger partial charge on any atom is -0.411 e. The topological polar surface area (TPSA) is 52.9 Å². The number of Topliss-reactive ketones (excluding diaryl/α,β-unsaturated/α-hetero) is 1. The molecule has 2 aliphatic heterocycles. The Morgan fingerprint density at radius 3 is 2.90 bits per heavy atom. The highest BCUT2D eigenvalue weighted by atomic mass is 16.4. The molecule has 0 aromatic heterocycles. The summed E-state index contributed by atoms with van der Waals surface area (Å²) >= 11 is 0. The van der Waals surface area contributed by atoms with E-state index in [1.807, 2.05) is 0 Å². The van der Waals surface area contributed by atoms with Crippen molar-refractivity contribution in [2.24, 2.45) is 5.16 Å². The van der Waals surface area contributed by atoms with Gasteiger partial charge in [-0.2, -0.15) is 0 Å². The molecule has 1 aliphatic carbocycles. The van der Waals surface area contributed by atoms with Crippen LogP contribution in [0.25, 0.3) is 0 Å². The number of carbonyl (C=O) groups is 1. The highest BCUT2D eigenvalue weighted by molar-refractivity contribution is 6.23. The van der Waals surface area contributed by atoms with Crippen molar-refractivity contribution < 1.29 is 10.0 Å². The van der Waals surface area contributed by atoms with Crippen LogP contribution in [0.4, 0.5) is 0 Å². The Bertz CT molecular complexity index is 675. The second-order valence-corrected chi connectivity index (χ2v) is 6.01. The van der Waals surface area contributed by atoms with E-state index in [1.165, 1.54) is 11.1 Å². The van der Waals surface area contributed by atoms with Crippen molar-refractivity contribution in [3.63, 3.8) is 0 Å². The van der Waals surface area contributed by atoms with Crippen molar-refractivity contribution in [3.05, 3.63) is 46.7 Å². The van der Waals surface area contributed by atoms with Crippen molar-refractivity contribution in [1.82, 2.24) is 4.90 Å². The average molecular weight is 282 g/mol. The van der Waals surface area contributed by atoms with Gasteiger partial charge in [0, 0.05) is 25.1 Å². The van der Waals surface area contributed by atoms with Gasteiger partial charge in [0.15, 0.2) is 5.78 Å². The van der Waals surface area contributed by atoms with Crippen molar-refractivity contribution >= 4 is 11.5 Å². The molecule has 4 rings (SSSR count). The predicted molar refractivity (Wildman–Crippen MR) is 79.3 cm³/mol. The number of hydrogen-bond donors (Lipinski definition) is 1. The van der Waals surface area contributed by atoms with Crippen LogP contribution in [0.5, 0.6) is 0 Å². The molecular weight excluding hydrogens is 264 g/mol. The maximum absolute atomic E-state index is 12.2. The van der Waals surface area contributed by atoms with Gasteiger partial charge in [0.1, 0.15) is 0 Å². The first-order valence-electron chi connectivity index (χ1n) is 7.61. The summed E-state index contributed by atoms with van der Waals surface area (Å²) in [6.07, 6.45) is 4.04. The molecule has 2 heterocycles. The monoisotopic (exact) mass is 282 g/mol. The van der Waals surface area contributed by atoms with Gasteiger partial charge in [-0.05, 0) is 30.4 Å². The molecule has 21 heavy (non-hydrogen) atoms. The summed E-state index contributed by atoms with van der Waals surface area (Å²) < 4.78 is 0. The van der Waals surface area contributed by atoms with Gasteiger partial charge in [-0.1, -0.05) is 29.4 Å². The first kappa shape index (κ1) is 12.6. The van der Waals surface area contributed by atoms with E-state index in [9.17, 15) is 10.0 Å². The SMILES string of the molecule is O=C1CCCC2=C1/C(=N\O)C[C@H]1c3ccccc3CCN21. The highest BCUT2D eigenvalue weighted by Gasteiger charge is 2.39.